The molecule has 1 saturated heterocycles. The summed E-state index contributed by atoms with van der Waals surface area (Å²) in [5, 5.41) is 0. The first-order valence-corrected chi connectivity index (χ1v) is 10.2. The van der Waals surface area contributed by atoms with Gasteiger partial charge in [-0.25, -0.2) is 9.18 Å². The molecule has 4 aromatic rings. The molecule has 0 unspecified atom stereocenters. The van der Waals surface area contributed by atoms with E-state index in [1.807, 2.05) is 25.3 Å². The average Bonchev–Trinajstić information content (AvgIpc) is 3.28. The summed E-state index contributed by atoms with van der Waals surface area (Å²) in [7, 11) is 3.11. The number of imidazole rings is 2. The van der Waals surface area contributed by atoms with Crippen molar-refractivity contribution in [2.24, 2.45) is 14.1 Å². The van der Waals surface area contributed by atoms with Crippen molar-refractivity contribution in [2.45, 2.75) is 13.6 Å². The molecule has 0 spiro atoms. The van der Waals surface area contributed by atoms with Crippen LogP contribution in [0, 0.1) is 12.7 Å². The molecule has 5 rings (SSSR count). The van der Waals surface area contributed by atoms with Gasteiger partial charge in [-0.05, 0) is 31.2 Å². The molecule has 1 fully saturated rings. The van der Waals surface area contributed by atoms with Crippen molar-refractivity contribution in [3.63, 3.8) is 0 Å². The summed E-state index contributed by atoms with van der Waals surface area (Å²) in [5.74, 6) is 0.417. The maximum absolute atomic E-state index is 13.2. The van der Waals surface area contributed by atoms with Gasteiger partial charge in [-0.2, -0.15) is 4.98 Å². The minimum Gasteiger partial charge on any atom is -0.369 e. The number of anilines is 1. The largest absolute Gasteiger partial charge is 0.369 e. The van der Waals surface area contributed by atoms with Crippen LogP contribution < -0.4 is 16.1 Å². The molecule has 0 atom stereocenters. The van der Waals surface area contributed by atoms with E-state index < -0.39 is 5.69 Å². The molecule has 0 amide bonds. The summed E-state index contributed by atoms with van der Waals surface area (Å²) in [6, 6.07) is 6.60. The third kappa shape index (κ3) is 3.05. The van der Waals surface area contributed by atoms with Gasteiger partial charge in [-0.1, -0.05) is 0 Å². The van der Waals surface area contributed by atoms with Crippen LogP contribution in [-0.4, -0.2) is 54.2 Å². The van der Waals surface area contributed by atoms with E-state index in [1.54, 1.807) is 11.4 Å². The molecule has 9 nitrogen and oxygen atoms in total. The van der Waals surface area contributed by atoms with Crippen LogP contribution in [0.15, 0.2) is 40.1 Å². The summed E-state index contributed by atoms with van der Waals surface area (Å²) in [5.41, 5.74) is 2.06. The van der Waals surface area contributed by atoms with Crippen molar-refractivity contribution in [3.8, 4) is 0 Å². The molecular formula is C21H24FN7O2. The number of benzene rings is 1. The van der Waals surface area contributed by atoms with Gasteiger partial charge in [0.2, 0.25) is 5.78 Å². The fourth-order valence-corrected chi connectivity index (χ4v) is 4.30. The number of piperazine rings is 1. The second kappa shape index (κ2) is 7.09. The maximum atomic E-state index is 13.2. The number of hydrogen-bond donors (Lipinski definition) is 0. The minimum atomic E-state index is -0.390. The predicted octanol–water partition coefficient (Wildman–Crippen LogP) is 0.914. The van der Waals surface area contributed by atoms with Crippen molar-refractivity contribution in [2.75, 3.05) is 31.1 Å². The first-order chi connectivity index (χ1) is 14.8. The number of halogens is 1. The van der Waals surface area contributed by atoms with E-state index in [0.717, 1.165) is 42.1 Å². The molecule has 3 aromatic heterocycles. The second-order valence-corrected chi connectivity index (χ2v) is 8.08. The molecule has 0 aliphatic carbocycles. The van der Waals surface area contributed by atoms with Crippen molar-refractivity contribution in [3.05, 3.63) is 62.8 Å². The quantitative estimate of drug-likeness (QED) is 0.488. The van der Waals surface area contributed by atoms with Crippen molar-refractivity contribution < 1.29 is 4.39 Å². The molecule has 0 radical (unpaired) electrons. The second-order valence-electron chi connectivity index (χ2n) is 8.08. The Labute approximate surface area is 177 Å². The van der Waals surface area contributed by atoms with Crippen LogP contribution >= 0.6 is 0 Å². The Morgan fingerprint density at radius 1 is 1.00 bits per heavy atom. The first kappa shape index (κ1) is 19.6. The lowest BCUT2D eigenvalue weighted by Crippen LogP contribution is -2.46. The topological polar surface area (TPSA) is 72.7 Å². The van der Waals surface area contributed by atoms with E-state index in [-0.39, 0.29) is 11.4 Å². The Bertz CT molecular complexity index is 1400. The lowest BCUT2D eigenvalue weighted by Gasteiger charge is -2.36. The van der Waals surface area contributed by atoms with Gasteiger partial charge < -0.3 is 9.47 Å². The number of hydrogen-bond acceptors (Lipinski definition) is 5. The predicted molar refractivity (Wildman–Crippen MR) is 116 cm³/mol. The summed E-state index contributed by atoms with van der Waals surface area (Å²) >= 11 is 0. The molecule has 1 aliphatic heterocycles. The van der Waals surface area contributed by atoms with E-state index in [0.29, 0.717) is 23.6 Å². The van der Waals surface area contributed by atoms with E-state index in [9.17, 15) is 14.0 Å². The molecule has 1 aromatic carbocycles. The van der Waals surface area contributed by atoms with Gasteiger partial charge >= 0.3 is 5.69 Å². The zero-order valence-corrected chi connectivity index (χ0v) is 17.7. The lowest BCUT2D eigenvalue weighted by molar-refractivity contribution is 0.207. The average molecular weight is 425 g/mol. The van der Waals surface area contributed by atoms with Crippen molar-refractivity contribution in [1.82, 2.24) is 28.0 Å². The van der Waals surface area contributed by atoms with Gasteiger partial charge in [0.1, 0.15) is 5.82 Å². The summed E-state index contributed by atoms with van der Waals surface area (Å²) < 4.78 is 19.5. The molecule has 0 saturated carbocycles. The number of nitrogens with zero attached hydrogens (tertiary/aromatic N) is 7. The first-order valence-electron chi connectivity index (χ1n) is 10.2. The van der Waals surface area contributed by atoms with Gasteiger partial charge in [0, 0.05) is 57.9 Å². The van der Waals surface area contributed by atoms with Gasteiger partial charge in [0.05, 0.1) is 6.67 Å². The zero-order valence-electron chi connectivity index (χ0n) is 17.7. The minimum absolute atomic E-state index is 0.228. The monoisotopic (exact) mass is 425 g/mol. The third-order valence-corrected chi connectivity index (χ3v) is 6.16. The van der Waals surface area contributed by atoms with E-state index in [1.165, 1.54) is 23.7 Å². The van der Waals surface area contributed by atoms with Crippen LogP contribution in [0.4, 0.5) is 10.1 Å². The maximum Gasteiger partial charge on any atom is 0.332 e. The van der Waals surface area contributed by atoms with Crippen LogP contribution in [0.2, 0.25) is 0 Å². The number of rotatable bonds is 3. The molecule has 10 heteroatoms. The summed E-state index contributed by atoms with van der Waals surface area (Å²) in [6.45, 7) is 6.00. The highest BCUT2D eigenvalue weighted by atomic mass is 19.1. The summed E-state index contributed by atoms with van der Waals surface area (Å²) in [4.78, 5) is 34.2. The standard InChI is InChI=1S/C21H24FN7O2/c1-14-12-28-17-18(24(2)21(31)25(3)19(17)30)23-20(28)29(14)13-26-8-10-27(11-9-26)16-6-4-15(22)5-7-16/h4-7,12H,8-11,13H2,1-3H3. The highest BCUT2D eigenvalue weighted by Crippen LogP contribution is 2.20. The van der Waals surface area contributed by atoms with Crippen LogP contribution in [0.5, 0.6) is 0 Å². The Balaban J connectivity index is 1.44. The number of aromatic nitrogens is 5. The molecule has 0 bridgehead atoms. The number of aryl methyl sites for hydroxylation is 2. The van der Waals surface area contributed by atoms with Crippen molar-refractivity contribution in [1.29, 1.82) is 0 Å². The number of fused-ring (bicyclic) bond motifs is 3. The Hall–Kier alpha value is -3.40. The van der Waals surface area contributed by atoms with Gasteiger partial charge in [-0.3, -0.25) is 23.2 Å². The van der Waals surface area contributed by atoms with Crippen LogP contribution in [0.25, 0.3) is 16.9 Å². The van der Waals surface area contributed by atoms with Gasteiger partial charge in [0.15, 0.2) is 11.2 Å². The van der Waals surface area contributed by atoms with Crippen molar-refractivity contribution >= 4 is 22.6 Å². The van der Waals surface area contributed by atoms with Gasteiger partial charge in [0.25, 0.3) is 5.56 Å². The molecule has 31 heavy (non-hydrogen) atoms. The fraction of sp³-hybridized carbons (Fsp3) is 0.381. The van der Waals surface area contributed by atoms with Crippen LogP contribution in [0.1, 0.15) is 5.69 Å². The molecule has 0 N–H and O–H groups in total. The SMILES string of the molecule is Cc1cn2c3c(=O)n(C)c(=O)n(C)c3nc2n1CN1CCN(c2ccc(F)cc2)CC1. The Morgan fingerprint density at radius 3 is 2.35 bits per heavy atom. The third-order valence-electron chi connectivity index (χ3n) is 6.16. The zero-order chi connectivity index (χ0) is 21.9. The van der Waals surface area contributed by atoms with E-state index in [2.05, 4.69) is 19.4 Å². The fourth-order valence-electron chi connectivity index (χ4n) is 4.30. The normalized spacial score (nSPS) is 15.4. The molecule has 1 aliphatic rings. The Kier molecular flexibility index (Phi) is 4.47. The van der Waals surface area contributed by atoms with E-state index >= 15 is 0 Å². The lowest BCUT2D eigenvalue weighted by atomic mass is 10.2. The van der Waals surface area contributed by atoms with Gasteiger partial charge in [-0.15, -0.1) is 0 Å². The highest BCUT2D eigenvalue weighted by Gasteiger charge is 2.22. The highest BCUT2D eigenvalue weighted by molar-refractivity contribution is 5.75. The van der Waals surface area contributed by atoms with Crippen LogP contribution in [-0.2, 0) is 20.8 Å². The summed E-state index contributed by atoms with van der Waals surface area (Å²) in [6.07, 6.45) is 1.89. The Morgan fingerprint density at radius 2 is 1.68 bits per heavy atom. The van der Waals surface area contributed by atoms with Crippen LogP contribution in [0.3, 0.4) is 0 Å². The smallest absolute Gasteiger partial charge is 0.332 e. The van der Waals surface area contributed by atoms with E-state index in [4.69, 9.17) is 0 Å². The molecule has 4 heterocycles. The molecular weight excluding hydrogens is 401 g/mol. The molecule has 162 valence electrons.